The number of unbranched alkanes of at least 4 members (excludes halogenated alkanes) is 1. The van der Waals surface area contributed by atoms with Crippen LogP contribution < -0.4 is 5.32 Å². The lowest BCUT2D eigenvalue weighted by Crippen LogP contribution is -2.39. The van der Waals surface area contributed by atoms with Gasteiger partial charge in [-0.15, -0.1) is 0 Å². The highest BCUT2D eigenvalue weighted by atomic mass is 32.2. The Hall–Kier alpha value is -0.580. The normalized spacial score (nSPS) is 24.5. The molecule has 1 saturated heterocycles. The number of nitrogens with one attached hydrogen (secondary N) is 1. The first-order chi connectivity index (χ1) is 7.98. The standard InChI is InChI=1S/C12H23NO3S/c1-3-5-6-10(4-2)12(14)13-11-7-8-17(15,16)9-11/h10-11H,3-9H2,1-2H3,(H,13,14). The lowest BCUT2D eigenvalue weighted by Gasteiger charge is -2.17. The number of hydrogen-bond acceptors (Lipinski definition) is 3. The first kappa shape index (κ1) is 14.5. The van der Waals surface area contributed by atoms with Crippen molar-refractivity contribution in [3.05, 3.63) is 0 Å². The number of carbonyl (C=O) groups is 1. The molecule has 2 atom stereocenters. The summed E-state index contributed by atoms with van der Waals surface area (Å²) in [6.07, 6.45) is 4.43. The molecule has 0 radical (unpaired) electrons. The predicted molar refractivity (Wildman–Crippen MR) is 68.5 cm³/mol. The number of sulfone groups is 1. The van der Waals surface area contributed by atoms with Crippen LogP contribution in [0.4, 0.5) is 0 Å². The number of amides is 1. The Morgan fingerprint density at radius 3 is 2.59 bits per heavy atom. The molecule has 5 heteroatoms. The SMILES string of the molecule is CCCCC(CC)C(=O)NC1CCS(=O)(=O)C1. The maximum Gasteiger partial charge on any atom is 0.223 e. The van der Waals surface area contributed by atoms with Crippen molar-refractivity contribution < 1.29 is 13.2 Å². The fraction of sp³-hybridized carbons (Fsp3) is 0.917. The summed E-state index contributed by atoms with van der Waals surface area (Å²) < 4.78 is 22.6. The third-order valence-corrected chi connectivity index (χ3v) is 5.12. The largest absolute Gasteiger partial charge is 0.352 e. The molecule has 0 spiro atoms. The van der Waals surface area contributed by atoms with Gasteiger partial charge >= 0.3 is 0 Å². The van der Waals surface area contributed by atoms with Crippen molar-refractivity contribution >= 4 is 15.7 Å². The maximum atomic E-state index is 11.9. The van der Waals surface area contributed by atoms with Gasteiger partial charge in [-0.3, -0.25) is 4.79 Å². The van der Waals surface area contributed by atoms with Crippen molar-refractivity contribution in [3.8, 4) is 0 Å². The summed E-state index contributed by atoms with van der Waals surface area (Å²) in [5.41, 5.74) is 0. The lowest BCUT2D eigenvalue weighted by atomic mass is 9.98. The van der Waals surface area contributed by atoms with E-state index < -0.39 is 9.84 Å². The summed E-state index contributed by atoms with van der Waals surface area (Å²) in [7, 11) is -2.91. The van der Waals surface area contributed by atoms with Crippen LogP contribution in [-0.4, -0.2) is 31.9 Å². The summed E-state index contributed by atoms with van der Waals surface area (Å²) >= 11 is 0. The van der Waals surface area contributed by atoms with Gasteiger partial charge in [0, 0.05) is 12.0 Å². The van der Waals surface area contributed by atoms with Gasteiger partial charge in [0.05, 0.1) is 11.5 Å². The van der Waals surface area contributed by atoms with E-state index in [0.29, 0.717) is 6.42 Å². The van der Waals surface area contributed by atoms with E-state index in [9.17, 15) is 13.2 Å². The molecule has 0 aliphatic carbocycles. The molecular formula is C12H23NO3S. The van der Waals surface area contributed by atoms with Gasteiger partial charge in [0.1, 0.15) is 0 Å². The molecule has 0 bridgehead atoms. The molecule has 0 aromatic rings. The molecule has 1 fully saturated rings. The van der Waals surface area contributed by atoms with E-state index in [2.05, 4.69) is 12.2 Å². The van der Waals surface area contributed by atoms with Crippen LogP contribution in [0.3, 0.4) is 0 Å². The Balaban J connectivity index is 2.42. The Labute approximate surface area is 104 Å². The van der Waals surface area contributed by atoms with E-state index in [4.69, 9.17) is 0 Å². The van der Waals surface area contributed by atoms with Crippen LogP contribution in [0.15, 0.2) is 0 Å². The van der Waals surface area contributed by atoms with Crippen molar-refractivity contribution in [1.82, 2.24) is 5.32 Å². The first-order valence-electron chi connectivity index (χ1n) is 6.49. The van der Waals surface area contributed by atoms with E-state index in [-0.39, 0.29) is 29.4 Å². The molecule has 4 nitrogen and oxygen atoms in total. The number of rotatable bonds is 6. The van der Waals surface area contributed by atoms with Crippen LogP contribution in [0.25, 0.3) is 0 Å². The Kier molecular flexibility index (Phi) is 5.43. The Morgan fingerprint density at radius 2 is 2.12 bits per heavy atom. The topological polar surface area (TPSA) is 63.2 Å². The van der Waals surface area contributed by atoms with Gasteiger partial charge in [0.2, 0.25) is 5.91 Å². The van der Waals surface area contributed by atoms with Crippen LogP contribution in [0.1, 0.15) is 46.0 Å². The molecule has 0 saturated carbocycles. The van der Waals surface area contributed by atoms with Crippen LogP contribution in [0, 0.1) is 5.92 Å². The molecular weight excluding hydrogens is 238 g/mol. The zero-order valence-electron chi connectivity index (χ0n) is 10.7. The second kappa shape index (κ2) is 6.38. The van der Waals surface area contributed by atoms with Crippen LogP contribution in [0.2, 0.25) is 0 Å². The minimum atomic E-state index is -2.91. The van der Waals surface area contributed by atoms with Crippen molar-refractivity contribution in [2.75, 3.05) is 11.5 Å². The van der Waals surface area contributed by atoms with E-state index in [1.165, 1.54) is 0 Å². The molecule has 1 aliphatic heterocycles. The summed E-state index contributed by atoms with van der Waals surface area (Å²) in [6.45, 7) is 4.11. The van der Waals surface area contributed by atoms with Gasteiger partial charge in [0.15, 0.2) is 9.84 Å². The number of hydrogen-bond donors (Lipinski definition) is 1. The summed E-state index contributed by atoms with van der Waals surface area (Å²) in [5, 5.41) is 2.88. The maximum absolute atomic E-state index is 11.9. The van der Waals surface area contributed by atoms with Gasteiger partial charge in [0.25, 0.3) is 0 Å². The molecule has 1 rings (SSSR count). The first-order valence-corrected chi connectivity index (χ1v) is 8.31. The summed E-state index contributed by atoms with van der Waals surface area (Å²) in [5.74, 6) is 0.397. The van der Waals surface area contributed by atoms with Crippen LogP contribution in [0.5, 0.6) is 0 Å². The minimum absolute atomic E-state index is 0.0306. The van der Waals surface area contributed by atoms with Gasteiger partial charge in [-0.2, -0.15) is 0 Å². The highest BCUT2D eigenvalue weighted by Crippen LogP contribution is 2.16. The second-order valence-electron chi connectivity index (χ2n) is 4.86. The average Bonchev–Trinajstić information content (AvgIpc) is 2.59. The average molecular weight is 261 g/mol. The van der Waals surface area contributed by atoms with Crippen molar-refractivity contribution in [2.24, 2.45) is 5.92 Å². The third-order valence-electron chi connectivity index (χ3n) is 3.35. The molecule has 1 heterocycles. The van der Waals surface area contributed by atoms with E-state index >= 15 is 0 Å². The van der Waals surface area contributed by atoms with E-state index in [1.54, 1.807) is 0 Å². The quantitative estimate of drug-likeness (QED) is 0.788. The van der Waals surface area contributed by atoms with Gasteiger partial charge < -0.3 is 5.32 Å². The smallest absolute Gasteiger partial charge is 0.223 e. The van der Waals surface area contributed by atoms with Gasteiger partial charge in [-0.1, -0.05) is 26.7 Å². The predicted octanol–water partition coefficient (Wildman–Crippen LogP) is 1.51. The molecule has 1 N–H and O–H groups in total. The third kappa shape index (κ3) is 4.66. The summed E-state index contributed by atoms with van der Waals surface area (Å²) in [6, 6.07) is -0.164. The van der Waals surface area contributed by atoms with Gasteiger partial charge in [-0.25, -0.2) is 8.42 Å². The van der Waals surface area contributed by atoms with Crippen LogP contribution >= 0.6 is 0 Å². The zero-order valence-corrected chi connectivity index (χ0v) is 11.6. The molecule has 1 aliphatic rings. The molecule has 100 valence electrons. The molecule has 2 unspecified atom stereocenters. The van der Waals surface area contributed by atoms with Crippen molar-refractivity contribution in [1.29, 1.82) is 0 Å². The minimum Gasteiger partial charge on any atom is -0.352 e. The Bertz CT molecular complexity index is 351. The number of carbonyl (C=O) groups excluding carboxylic acids is 1. The fourth-order valence-electron chi connectivity index (χ4n) is 2.20. The highest BCUT2D eigenvalue weighted by Gasteiger charge is 2.30. The summed E-state index contributed by atoms with van der Waals surface area (Å²) in [4.78, 5) is 11.9. The van der Waals surface area contributed by atoms with Gasteiger partial charge in [-0.05, 0) is 19.3 Å². The molecule has 1 amide bonds. The van der Waals surface area contributed by atoms with E-state index in [1.807, 2.05) is 6.92 Å². The van der Waals surface area contributed by atoms with Crippen LogP contribution in [-0.2, 0) is 14.6 Å². The lowest BCUT2D eigenvalue weighted by molar-refractivity contribution is -0.125. The van der Waals surface area contributed by atoms with E-state index in [0.717, 1.165) is 25.7 Å². The monoisotopic (exact) mass is 261 g/mol. The molecule has 0 aromatic carbocycles. The second-order valence-corrected chi connectivity index (χ2v) is 7.08. The highest BCUT2D eigenvalue weighted by molar-refractivity contribution is 7.91. The van der Waals surface area contributed by atoms with Crippen molar-refractivity contribution in [3.63, 3.8) is 0 Å². The fourth-order valence-corrected chi connectivity index (χ4v) is 3.87. The molecule has 17 heavy (non-hydrogen) atoms. The zero-order chi connectivity index (χ0) is 12.9. The Morgan fingerprint density at radius 1 is 1.41 bits per heavy atom. The van der Waals surface area contributed by atoms with Crippen molar-refractivity contribution in [2.45, 2.75) is 52.0 Å². The molecule has 0 aromatic heterocycles.